The smallest absolute Gasteiger partial charge is 0.341 e. The van der Waals surface area contributed by atoms with Gasteiger partial charge in [0.1, 0.15) is 11.4 Å². The largest absolute Gasteiger partial charge is 0.462 e. The Hall–Kier alpha value is -2.51. The number of carbonyl (C=O) groups is 2. The number of nitrogens with two attached hydrogens (primary N) is 2. The van der Waals surface area contributed by atoms with Gasteiger partial charge >= 0.3 is 12.0 Å². The van der Waals surface area contributed by atoms with Gasteiger partial charge in [0, 0.05) is 13.1 Å². The molecule has 0 aliphatic rings. The van der Waals surface area contributed by atoms with Crippen LogP contribution in [0.2, 0.25) is 0 Å². The van der Waals surface area contributed by atoms with Crippen LogP contribution in [0.3, 0.4) is 0 Å². The number of rotatable bonds is 6. The van der Waals surface area contributed by atoms with Crippen molar-refractivity contribution in [3.8, 4) is 0 Å². The Morgan fingerprint density at radius 1 is 1.42 bits per heavy atom. The Morgan fingerprint density at radius 2 is 2.16 bits per heavy atom. The molecule has 1 rings (SSSR count). The van der Waals surface area contributed by atoms with Crippen LogP contribution in [0.25, 0.3) is 0 Å². The second-order valence-corrected chi connectivity index (χ2v) is 3.60. The second kappa shape index (κ2) is 7.04. The highest BCUT2D eigenvalue weighted by Crippen LogP contribution is 2.16. The van der Waals surface area contributed by atoms with Crippen LogP contribution in [-0.2, 0) is 4.74 Å². The minimum absolute atomic E-state index is 0.251. The lowest BCUT2D eigenvalue weighted by Gasteiger charge is -2.11. The number of pyridine rings is 1. The third kappa shape index (κ3) is 4.70. The summed E-state index contributed by atoms with van der Waals surface area (Å²) >= 11 is 0. The number of primary amides is 1. The van der Waals surface area contributed by atoms with Crippen molar-refractivity contribution in [1.82, 2.24) is 10.3 Å². The number of anilines is 2. The van der Waals surface area contributed by atoms with Crippen LogP contribution in [0.15, 0.2) is 12.3 Å². The molecule has 0 aliphatic carbocycles. The maximum Gasteiger partial charge on any atom is 0.341 e. The minimum Gasteiger partial charge on any atom is -0.462 e. The van der Waals surface area contributed by atoms with E-state index in [2.05, 4.69) is 15.6 Å². The van der Waals surface area contributed by atoms with E-state index in [1.807, 2.05) is 0 Å². The molecule has 8 heteroatoms. The van der Waals surface area contributed by atoms with Gasteiger partial charge in [0.2, 0.25) is 0 Å². The van der Waals surface area contributed by atoms with E-state index in [9.17, 15) is 9.59 Å². The van der Waals surface area contributed by atoms with E-state index >= 15 is 0 Å². The highest BCUT2D eigenvalue weighted by Gasteiger charge is 2.14. The van der Waals surface area contributed by atoms with Crippen molar-refractivity contribution < 1.29 is 14.3 Å². The van der Waals surface area contributed by atoms with Crippen LogP contribution in [0.1, 0.15) is 17.3 Å². The van der Waals surface area contributed by atoms with Crippen molar-refractivity contribution in [2.45, 2.75) is 6.92 Å². The molecule has 1 aromatic heterocycles. The molecular formula is C11H17N5O3. The highest BCUT2D eigenvalue weighted by atomic mass is 16.5. The standard InChI is InChI=1S/C11H17N5O3/c1-2-19-10(17)8-5-7(12)6-16-9(8)14-3-4-15-11(13)18/h5-6H,2-4,12H2,1H3,(H,14,16)(H3,13,15,18). The molecular weight excluding hydrogens is 250 g/mol. The Balaban J connectivity index is 2.70. The number of carbonyl (C=O) groups excluding carboxylic acids is 2. The maximum absolute atomic E-state index is 11.7. The predicted octanol–water partition coefficient (Wildman–Crippen LogP) is -0.0793. The first kappa shape index (κ1) is 14.6. The van der Waals surface area contributed by atoms with Gasteiger partial charge in [0.25, 0.3) is 0 Å². The molecule has 0 spiro atoms. The molecule has 0 atom stereocenters. The Kier molecular flexibility index (Phi) is 5.39. The summed E-state index contributed by atoms with van der Waals surface area (Å²) in [7, 11) is 0. The summed E-state index contributed by atoms with van der Waals surface area (Å²) < 4.78 is 4.90. The maximum atomic E-state index is 11.7. The second-order valence-electron chi connectivity index (χ2n) is 3.60. The average molecular weight is 267 g/mol. The number of nitrogens with zero attached hydrogens (tertiary/aromatic N) is 1. The lowest BCUT2D eigenvalue weighted by atomic mass is 10.2. The van der Waals surface area contributed by atoms with Crippen LogP contribution >= 0.6 is 0 Å². The molecule has 104 valence electrons. The van der Waals surface area contributed by atoms with Crippen molar-refractivity contribution >= 4 is 23.5 Å². The molecule has 0 saturated carbocycles. The quantitative estimate of drug-likeness (QED) is 0.421. The Morgan fingerprint density at radius 3 is 2.79 bits per heavy atom. The summed E-state index contributed by atoms with van der Waals surface area (Å²) in [6, 6.07) is 0.868. The number of nitrogen functional groups attached to an aromatic ring is 1. The molecule has 19 heavy (non-hydrogen) atoms. The van der Waals surface area contributed by atoms with Crippen molar-refractivity contribution in [1.29, 1.82) is 0 Å². The van der Waals surface area contributed by atoms with Gasteiger partial charge in [-0.25, -0.2) is 14.6 Å². The SMILES string of the molecule is CCOC(=O)c1cc(N)cnc1NCCNC(N)=O. The van der Waals surface area contributed by atoms with Crippen LogP contribution in [0.4, 0.5) is 16.3 Å². The van der Waals surface area contributed by atoms with E-state index < -0.39 is 12.0 Å². The van der Waals surface area contributed by atoms with Crippen LogP contribution < -0.4 is 22.1 Å². The molecule has 6 N–H and O–H groups in total. The molecule has 0 aliphatic heterocycles. The number of esters is 1. The van der Waals surface area contributed by atoms with Gasteiger partial charge in [0.15, 0.2) is 0 Å². The summed E-state index contributed by atoms with van der Waals surface area (Å²) in [6.07, 6.45) is 1.42. The molecule has 0 fully saturated rings. The number of hydrogen-bond acceptors (Lipinski definition) is 6. The number of ether oxygens (including phenoxy) is 1. The van der Waals surface area contributed by atoms with E-state index in [1.165, 1.54) is 12.3 Å². The molecule has 1 aromatic rings. The third-order valence-corrected chi connectivity index (χ3v) is 2.12. The molecule has 8 nitrogen and oxygen atoms in total. The summed E-state index contributed by atoms with van der Waals surface area (Å²) in [5, 5.41) is 5.31. The van der Waals surface area contributed by atoms with Crippen LogP contribution in [0, 0.1) is 0 Å². The zero-order chi connectivity index (χ0) is 14.3. The first-order valence-electron chi connectivity index (χ1n) is 5.74. The first-order valence-corrected chi connectivity index (χ1v) is 5.74. The fraction of sp³-hybridized carbons (Fsp3) is 0.364. The van der Waals surface area contributed by atoms with Crippen molar-refractivity contribution in [2.24, 2.45) is 5.73 Å². The van der Waals surface area contributed by atoms with Gasteiger partial charge < -0.3 is 26.8 Å². The zero-order valence-corrected chi connectivity index (χ0v) is 10.6. The Bertz CT molecular complexity index is 464. The molecule has 2 amide bonds. The summed E-state index contributed by atoms with van der Waals surface area (Å²) in [5.41, 5.74) is 11.1. The normalized spacial score (nSPS) is 9.74. The topological polar surface area (TPSA) is 132 Å². The molecule has 0 saturated heterocycles. The van der Waals surface area contributed by atoms with Gasteiger partial charge in [-0.05, 0) is 13.0 Å². The van der Waals surface area contributed by atoms with Crippen LogP contribution in [-0.4, -0.2) is 36.7 Å². The average Bonchev–Trinajstić information content (AvgIpc) is 2.36. The molecule has 0 aromatic carbocycles. The van der Waals surface area contributed by atoms with Gasteiger partial charge in [-0.3, -0.25) is 0 Å². The molecule has 0 bridgehead atoms. The van der Waals surface area contributed by atoms with Gasteiger partial charge in [-0.2, -0.15) is 0 Å². The van der Waals surface area contributed by atoms with E-state index in [4.69, 9.17) is 16.2 Å². The fourth-order valence-corrected chi connectivity index (χ4v) is 1.35. The number of aromatic nitrogens is 1. The van der Waals surface area contributed by atoms with E-state index in [1.54, 1.807) is 6.92 Å². The summed E-state index contributed by atoms with van der Waals surface area (Å²) in [5.74, 6) is -0.161. The minimum atomic E-state index is -0.613. The number of amides is 2. The van der Waals surface area contributed by atoms with Crippen molar-refractivity contribution in [3.05, 3.63) is 17.8 Å². The third-order valence-electron chi connectivity index (χ3n) is 2.12. The highest BCUT2D eigenvalue weighted by molar-refractivity contribution is 5.95. The van der Waals surface area contributed by atoms with E-state index in [0.29, 0.717) is 24.6 Å². The molecule has 1 heterocycles. The number of nitrogens with one attached hydrogen (secondary N) is 2. The van der Waals surface area contributed by atoms with Crippen LogP contribution in [0.5, 0.6) is 0 Å². The number of hydrogen-bond donors (Lipinski definition) is 4. The summed E-state index contributed by atoms with van der Waals surface area (Å²) in [4.78, 5) is 26.2. The first-order chi connectivity index (χ1) is 9.04. The summed E-state index contributed by atoms with van der Waals surface area (Å²) in [6.45, 7) is 2.65. The van der Waals surface area contributed by atoms with Crippen molar-refractivity contribution in [3.63, 3.8) is 0 Å². The molecule has 0 radical (unpaired) electrons. The fourth-order valence-electron chi connectivity index (χ4n) is 1.35. The van der Waals surface area contributed by atoms with Gasteiger partial charge in [-0.15, -0.1) is 0 Å². The van der Waals surface area contributed by atoms with Gasteiger partial charge in [0.05, 0.1) is 18.5 Å². The zero-order valence-electron chi connectivity index (χ0n) is 10.6. The predicted molar refractivity (Wildman–Crippen MR) is 70.7 cm³/mol. The lowest BCUT2D eigenvalue weighted by Crippen LogP contribution is -2.33. The lowest BCUT2D eigenvalue weighted by molar-refractivity contribution is 0.0527. The number of urea groups is 1. The van der Waals surface area contributed by atoms with E-state index in [0.717, 1.165) is 0 Å². The monoisotopic (exact) mass is 267 g/mol. The molecule has 0 unspecified atom stereocenters. The van der Waals surface area contributed by atoms with E-state index in [-0.39, 0.29) is 12.2 Å². The van der Waals surface area contributed by atoms with Crippen molar-refractivity contribution in [2.75, 3.05) is 30.7 Å². The Labute approximate surface area is 110 Å². The van der Waals surface area contributed by atoms with Gasteiger partial charge in [-0.1, -0.05) is 0 Å².